The Morgan fingerprint density at radius 3 is 2.58 bits per heavy atom. The van der Waals surface area contributed by atoms with Crippen molar-refractivity contribution in [1.82, 2.24) is 0 Å². The summed E-state index contributed by atoms with van der Waals surface area (Å²) in [7, 11) is 1.27. The first-order chi connectivity index (χ1) is 12.2. The summed E-state index contributed by atoms with van der Waals surface area (Å²) in [4.78, 5) is 11.6. The van der Waals surface area contributed by atoms with E-state index in [9.17, 15) is 27.5 Å². The van der Waals surface area contributed by atoms with Crippen LogP contribution in [0.1, 0.15) is 15.2 Å². The normalized spacial score (nSPS) is 11.7. The van der Waals surface area contributed by atoms with Crippen molar-refractivity contribution in [2.45, 2.75) is 16.0 Å². The van der Waals surface area contributed by atoms with Gasteiger partial charge in [-0.2, -0.15) is 13.2 Å². The number of thiophene rings is 1. The van der Waals surface area contributed by atoms with Crippen LogP contribution in [0.5, 0.6) is 5.75 Å². The molecule has 0 saturated heterocycles. The molecule has 0 radical (unpaired) electrons. The van der Waals surface area contributed by atoms with Crippen LogP contribution in [0, 0.1) is 5.82 Å². The number of carbonyl (C=O) groups is 1. The molecular formula is C17H10F4O3S2. The molecule has 3 aromatic rings. The third kappa shape index (κ3) is 3.36. The second kappa shape index (κ2) is 6.81. The fraction of sp³-hybridized carbons (Fsp3) is 0.118. The van der Waals surface area contributed by atoms with Gasteiger partial charge >= 0.3 is 12.1 Å². The topological polar surface area (TPSA) is 46.5 Å². The van der Waals surface area contributed by atoms with Crippen molar-refractivity contribution < 1.29 is 32.2 Å². The molecule has 3 rings (SSSR count). The Bertz CT molecular complexity index is 996. The summed E-state index contributed by atoms with van der Waals surface area (Å²) >= 11 is 1.63. The van der Waals surface area contributed by atoms with Gasteiger partial charge < -0.3 is 9.84 Å². The molecule has 1 aromatic heterocycles. The van der Waals surface area contributed by atoms with Gasteiger partial charge in [0, 0.05) is 19.9 Å². The number of fused-ring (bicyclic) bond motifs is 1. The molecule has 0 bridgehead atoms. The van der Waals surface area contributed by atoms with E-state index in [0.717, 1.165) is 35.2 Å². The van der Waals surface area contributed by atoms with Crippen LogP contribution in [0.3, 0.4) is 0 Å². The summed E-state index contributed by atoms with van der Waals surface area (Å²) in [6, 6.07) is 7.34. The van der Waals surface area contributed by atoms with E-state index in [4.69, 9.17) is 4.74 Å². The monoisotopic (exact) mass is 402 g/mol. The van der Waals surface area contributed by atoms with Crippen molar-refractivity contribution in [1.29, 1.82) is 0 Å². The van der Waals surface area contributed by atoms with Gasteiger partial charge in [-0.05, 0) is 30.3 Å². The van der Waals surface area contributed by atoms with E-state index in [0.29, 0.717) is 4.70 Å². The van der Waals surface area contributed by atoms with Crippen LogP contribution in [0.4, 0.5) is 17.6 Å². The van der Waals surface area contributed by atoms with Crippen LogP contribution in [0.25, 0.3) is 10.1 Å². The molecular weight excluding hydrogens is 392 g/mol. The standard InChI is InChI=1S/C17H10F4O3S2/c1-24-10-5-6-11-12(13(10)18)14(15(26-11)16(22)23)25-9-4-2-3-8(7-9)17(19,20)21/h2-7H,1H3,(H,22,23). The Morgan fingerprint density at radius 1 is 1.23 bits per heavy atom. The summed E-state index contributed by atoms with van der Waals surface area (Å²) in [6.07, 6.45) is -4.53. The number of rotatable bonds is 4. The summed E-state index contributed by atoms with van der Waals surface area (Å²) in [5.74, 6) is -2.10. The lowest BCUT2D eigenvalue weighted by atomic mass is 10.2. The largest absolute Gasteiger partial charge is 0.494 e. The average molecular weight is 402 g/mol. The third-order valence-corrected chi connectivity index (χ3v) is 5.88. The predicted octanol–water partition coefficient (Wildman–Crippen LogP) is 5.92. The molecule has 1 heterocycles. The van der Waals surface area contributed by atoms with Gasteiger partial charge in [0.15, 0.2) is 11.6 Å². The highest BCUT2D eigenvalue weighted by Crippen LogP contribution is 2.45. The summed E-state index contributed by atoms with van der Waals surface area (Å²) in [5.41, 5.74) is -0.864. The molecule has 0 amide bonds. The van der Waals surface area contributed by atoms with Crippen molar-refractivity contribution in [2.24, 2.45) is 0 Å². The molecule has 26 heavy (non-hydrogen) atoms. The quantitative estimate of drug-likeness (QED) is 0.551. The molecule has 0 aliphatic heterocycles. The zero-order chi connectivity index (χ0) is 19.1. The first-order valence-electron chi connectivity index (χ1n) is 7.09. The summed E-state index contributed by atoms with van der Waals surface area (Å²) < 4.78 is 58.6. The van der Waals surface area contributed by atoms with E-state index in [1.165, 1.54) is 31.4 Å². The molecule has 136 valence electrons. The van der Waals surface area contributed by atoms with Crippen molar-refractivity contribution in [3.8, 4) is 5.75 Å². The van der Waals surface area contributed by atoms with Gasteiger partial charge in [0.2, 0.25) is 0 Å². The highest BCUT2D eigenvalue weighted by molar-refractivity contribution is 7.99. The number of carboxylic acids is 1. The number of hydrogen-bond donors (Lipinski definition) is 1. The maximum Gasteiger partial charge on any atom is 0.416 e. The van der Waals surface area contributed by atoms with Gasteiger partial charge in [-0.15, -0.1) is 11.3 Å². The molecule has 0 fully saturated rings. The lowest BCUT2D eigenvalue weighted by Gasteiger charge is -2.09. The van der Waals surface area contributed by atoms with E-state index in [-0.39, 0.29) is 25.8 Å². The Morgan fingerprint density at radius 2 is 1.96 bits per heavy atom. The van der Waals surface area contributed by atoms with Crippen LogP contribution in [-0.2, 0) is 6.18 Å². The van der Waals surface area contributed by atoms with Crippen molar-refractivity contribution in [3.05, 3.63) is 52.7 Å². The molecule has 0 aliphatic rings. The number of ether oxygens (including phenoxy) is 1. The van der Waals surface area contributed by atoms with Gasteiger partial charge in [-0.25, -0.2) is 9.18 Å². The number of benzene rings is 2. The zero-order valence-corrected chi connectivity index (χ0v) is 14.7. The van der Waals surface area contributed by atoms with Gasteiger partial charge in [0.1, 0.15) is 4.88 Å². The Hall–Kier alpha value is -2.26. The molecule has 2 aromatic carbocycles. The van der Waals surface area contributed by atoms with Gasteiger partial charge in [0.05, 0.1) is 12.7 Å². The molecule has 3 nitrogen and oxygen atoms in total. The van der Waals surface area contributed by atoms with Crippen molar-refractivity contribution in [2.75, 3.05) is 7.11 Å². The molecule has 1 N–H and O–H groups in total. The van der Waals surface area contributed by atoms with Gasteiger partial charge in [0.25, 0.3) is 0 Å². The van der Waals surface area contributed by atoms with E-state index >= 15 is 0 Å². The number of hydrogen-bond acceptors (Lipinski definition) is 4. The SMILES string of the molecule is COc1ccc2sc(C(=O)O)c(Sc3cccc(C(F)(F)F)c3)c2c1F. The van der Waals surface area contributed by atoms with Crippen LogP contribution in [-0.4, -0.2) is 18.2 Å². The van der Waals surface area contributed by atoms with Crippen molar-refractivity contribution in [3.63, 3.8) is 0 Å². The molecule has 0 saturated carbocycles. The van der Waals surface area contributed by atoms with Crippen LogP contribution >= 0.6 is 23.1 Å². The van der Waals surface area contributed by atoms with E-state index < -0.39 is 23.5 Å². The number of carboxylic acid groups (broad SMARTS) is 1. The number of aromatic carboxylic acids is 1. The van der Waals surface area contributed by atoms with Gasteiger partial charge in [-0.1, -0.05) is 17.8 Å². The maximum absolute atomic E-state index is 14.7. The smallest absolute Gasteiger partial charge is 0.416 e. The van der Waals surface area contributed by atoms with Crippen LogP contribution < -0.4 is 4.74 Å². The number of alkyl halides is 3. The molecule has 9 heteroatoms. The Labute approximate surface area is 153 Å². The Balaban J connectivity index is 2.18. The zero-order valence-electron chi connectivity index (χ0n) is 13.1. The Kier molecular flexibility index (Phi) is 4.85. The number of methoxy groups -OCH3 is 1. The lowest BCUT2D eigenvalue weighted by Crippen LogP contribution is -2.04. The number of halogens is 4. The third-order valence-electron chi connectivity index (χ3n) is 3.51. The predicted molar refractivity (Wildman–Crippen MR) is 90.9 cm³/mol. The minimum Gasteiger partial charge on any atom is -0.494 e. The van der Waals surface area contributed by atoms with E-state index in [1.807, 2.05) is 0 Å². The van der Waals surface area contributed by atoms with Gasteiger partial charge in [-0.3, -0.25) is 0 Å². The summed E-state index contributed by atoms with van der Waals surface area (Å²) in [5, 5.41) is 9.43. The minimum absolute atomic E-state index is 0.0224. The fourth-order valence-corrected chi connectivity index (χ4v) is 4.65. The molecule has 0 atom stereocenters. The molecule has 0 unspecified atom stereocenters. The first kappa shape index (κ1) is 18.5. The molecule has 0 spiro atoms. The second-order valence-electron chi connectivity index (χ2n) is 5.15. The fourth-order valence-electron chi connectivity index (χ4n) is 2.36. The van der Waals surface area contributed by atoms with Crippen LogP contribution in [0.2, 0.25) is 0 Å². The first-order valence-corrected chi connectivity index (χ1v) is 8.73. The second-order valence-corrected chi connectivity index (χ2v) is 7.28. The summed E-state index contributed by atoms with van der Waals surface area (Å²) in [6.45, 7) is 0. The maximum atomic E-state index is 14.7. The lowest BCUT2D eigenvalue weighted by molar-refractivity contribution is -0.137. The highest BCUT2D eigenvalue weighted by atomic mass is 32.2. The van der Waals surface area contributed by atoms with Crippen LogP contribution in [0.15, 0.2) is 46.2 Å². The van der Waals surface area contributed by atoms with Crippen molar-refractivity contribution >= 4 is 39.2 Å². The average Bonchev–Trinajstić information content (AvgIpc) is 2.94. The van der Waals surface area contributed by atoms with E-state index in [1.54, 1.807) is 0 Å². The minimum atomic E-state index is -4.53. The highest BCUT2D eigenvalue weighted by Gasteiger charge is 2.31. The van der Waals surface area contributed by atoms with E-state index in [2.05, 4.69) is 0 Å². The molecule has 0 aliphatic carbocycles.